The Morgan fingerprint density at radius 1 is 1.07 bits per heavy atom. The molecule has 1 atom stereocenters. The minimum atomic E-state index is -3.69. The van der Waals surface area contributed by atoms with Crippen LogP contribution in [0.2, 0.25) is 0 Å². The molecular formula is C21H25NO5S. The summed E-state index contributed by atoms with van der Waals surface area (Å²) in [6.45, 7) is 5.20. The fourth-order valence-corrected chi connectivity index (χ4v) is 3.54. The van der Waals surface area contributed by atoms with Crippen LogP contribution in [0.25, 0.3) is 0 Å². The number of nitrogens with zero attached hydrogens (tertiary/aromatic N) is 1. The molecule has 0 saturated carbocycles. The summed E-state index contributed by atoms with van der Waals surface area (Å²) in [5.74, 6) is -1.05. The molecule has 0 spiro atoms. The lowest BCUT2D eigenvalue weighted by Crippen LogP contribution is -2.25. The van der Waals surface area contributed by atoms with E-state index in [4.69, 9.17) is 4.74 Å². The van der Waals surface area contributed by atoms with Gasteiger partial charge in [-0.2, -0.15) is 0 Å². The van der Waals surface area contributed by atoms with Crippen LogP contribution in [-0.4, -0.2) is 44.7 Å². The van der Waals surface area contributed by atoms with Gasteiger partial charge in [-0.3, -0.25) is 4.79 Å². The predicted octanol–water partition coefficient (Wildman–Crippen LogP) is 3.24. The van der Waals surface area contributed by atoms with Crippen LogP contribution in [0.3, 0.4) is 0 Å². The molecule has 0 radical (unpaired) electrons. The number of hydrogen-bond acceptors (Lipinski definition) is 5. The lowest BCUT2D eigenvalue weighted by molar-refractivity contribution is 0.0318. The van der Waals surface area contributed by atoms with E-state index in [-0.39, 0.29) is 16.2 Å². The van der Waals surface area contributed by atoms with Crippen LogP contribution in [0.1, 0.15) is 45.7 Å². The molecule has 2 rings (SSSR count). The summed E-state index contributed by atoms with van der Waals surface area (Å²) in [6, 6.07) is 11.4. The van der Waals surface area contributed by atoms with Crippen molar-refractivity contribution in [3.05, 3.63) is 64.7 Å². The summed E-state index contributed by atoms with van der Waals surface area (Å²) in [5, 5.41) is 0. The summed E-state index contributed by atoms with van der Waals surface area (Å²) in [6.07, 6.45) is -0.127. The molecule has 0 unspecified atom stereocenters. The highest BCUT2D eigenvalue weighted by molar-refractivity contribution is 7.89. The van der Waals surface area contributed by atoms with Crippen LogP contribution in [0.15, 0.2) is 47.4 Å². The first-order valence-corrected chi connectivity index (χ1v) is 10.4. The van der Waals surface area contributed by atoms with E-state index in [1.807, 2.05) is 19.1 Å². The predicted molar refractivity (Wildman–Crippen MR) is 107 cm³/mol. The summed E-state index contributed by atoms with van der Waals surface area (Å²) in [5.41, 5.74) is 2.24. The molecule has 0 aromatic heterocycles. The summed E-state index contributed by atoms with van der Waals surface area (Å²) < 4.78 is 31.0. The van der Waals surface area contributed by atoms with Crippen molar-refractivity contribution in [3.8, 4) is 0 Å². The molecule has 2 aromatic rings. The van der Waals surface area contributed by atoms with Crippen LogP contribution in [-0.2, 0) is 21.2 Å². The van der Waals surface area contributed by atoms with Crippen molar-refractivity contribution in [1.29, 1.82) is 0 Å². The van der Waals surface area contributed by atoms with Gasteiger partial charge in [0.15, 0.2) is 6.10 Å². The molecule has 0 N–H and O–H groups in total. The number of ether oxygens (including phenoxy) is 1. The third-order valence-corrected chi connectivity index (χ3v) is 6.32. The van der Waals surface area contributed by atoms with Crippen molar-refractivity contribution in [3.63, 3.8) is 0 Å². The summed E-state index contributed by atoms with van der Waals surface area (Å²) >= 11 is 0. The summed E-state index contributed by atoms with van der Waals surface area (Å²) in [4.78, 5) is 25.1. The third kappa shape index (κ3) is 4.66. The third-order valence-electron chi connectivity index (χ3n) is 4.51. The average molecular weight is 404 g/mol. The minimum absolute atomic E-state index is 0.0100. The number of sulfonamides is 1. The molecule has 0 aliphatic heterocycles. The fourth-order valence-electron chi connectivity index (χ4n) is 2.61. The number of esters is 1. The van der Waals surface area contributed by atoms with E-state index >= 15 is 0 Å². The first kappa shape index (κ1) is 21.8. The average Bonchev–Trinajstić information content (AvgIpc) is 2.67. The number of ketones is 1. The quantitative estimate of drug-likeness (QED) is 0.524. The van der Waals surface area contributed by atoms with Crippen LogP contribution in [0.4, 0.5) is 0 Å². The number of Topliss-reactive ketones (excluding diaryl/α,β-unsaturated/α-hetero) is 1. The van der Waals surface area contributed by atoms with Crippen molar-refractivity contribution in [1.82, 2.24) is 4.31 Å². The zero-order chi connectivity index (χ0) is 21.1. The number of benzene rings is 2. The van der Waals surface area contributed by atoms with E-state index in [0.717, 1.165) is 16.3 Å². The molecule has 7 heteroatoms. The first-order valence-electron chi connectivity index (χ1n) is 8.95. The second kappa shape index (κ2) is 8.67. The number of aryl methyl sites for hydroxylation is 2. The number of carbonyl (C=O) groups is 2. The highest BCUT2D eigenvalue weighted by Crippen LogP contribution is 2.20. The van der Waals surface area contributed by atoms with Gasteiger partial charge in [-0.1, -0.05) is 37.3 Å². The molecule has 28 heavy (non-hydrogen) atoms. The van der Waals surface area contributed by atoms with Gasteiger partial charge in [0.1, 0.15) is 0 Å². The smallest absolute Gasteiger partial charge is 0.339 e. The Hall–Kier alpha value is -2.51. The highest BCUT2D eigenvalue weighted by atomic mass is 32.2. The van der Waals surface area contributed by atoms with Crippen LogP contribution < -0.4 is 0 Å². The van der Waals surface area contributed by atoms with Crippen LogP contribution >= 0.6 is 0 Å². The van der Waals surface area contributed by atoms with Crippen molar-refractivity contribution >= 4 is 21.8 Å². The molecule has 0 bridgehead atoms. The van der Waals surface area contributed by atoms with Gasteiger partial charge in [-0.05, 0) is 43.5 Å². The van der Waals surface area contributed by atoms with E-state index in [1.165, 1.54) is 33.2 Å². The van der Waals surface area contributed by atoms with Gasteiger partial charge in [0, 0.05) is 19.7 Å². The fraction of sp³-hybridized carbons (Fsp3) is 0.333. The Morgan fingerprint density at radius 2 is 1.68 bits per heavy atom. The second-order valence-electron chi connectivity index (χ2n) is 6.73. The molecular weight excluding hydrogens is 378 g/mol. The Balaban J connectivity index is 2.22. The standard InChI is InChI=1S/C21H25NO5S/c1-6-16-8-10-17(11-9-16)20(23)15(3)27-21(24)19-13-18(12-7-14(19)2)28(25,26)22(4)5/h7-13,15H,6H2,1-5H3/t15-/m1/s1. The van der Waals surface area contributed by atoms with Gasteiger partial charge in [0.2, 0.25) is 15.8 Å². The monoisotopic (exact) mass is 403 g/mol. The largest absolute Gasteiger partial charge is 0.451 e. The number of carbonyl (C=O) groups excluding carboxylic acids is 2. The van der Waals surface area contributed by atoms with Crippen molar-refractivity contribution in [2.45, 2.75) is 38.2 Å². The second-order valence-corrected chi connectivity index (χ2v) is 8.88. The van der Waals surface area contributed by atoms with E-state index < -0.39 is 22.1 Å². The molecule has 150 valence electrons. The maximum Gasteiger partial charge on any atom is 0.339 e. The lowest BCUT2D eigenvalue weighted by atomic mass is 10.0. The van der Waals surface area contributed by atoms with E-state index in [2.05, 4.69) is 0 Å². The molecule has 6 nitrogen and oxygen atoms in total. The van der Waals surface area contributed by atoms with E-state index in [9.17, 15) is 18.0 Å². The van der Waals surface area contributed by atoms with Crippen LogP contribution in [0.5, 0.6) is 0 Å². The number of rotatable bonds is 7. The van der Waals surface area contributed by atoms with Gasteiger partial charge in [0.05, 0.1) is 10.5 Å². The molecule has 0 aliphatic carbocycles. The Kier molecular flexibility index (Phi) is 6.74. The van der Waals surface area contributed by atoms with Crippen molar-refractivity contribution in [2.75, 3.05) is 14.1 Å². The normalized spacial score (nSPS) is 12.6. The maximum atomic E-state index is 12.6. The van der Waals surface area contributed by atoms with Crippen LogP contribution in [0, 0.1) is 6.92 Å². The first-order chi connectivity index (χ1) is 13.1. The molecule has 2 aromatic carbocycles. The molecule has 0 aliphatic rings. The topological polar surface area (TPSA) is 80.8 Å². The molecule has 0 amide bonds. The van der Waals surface area contributed by atoms with E-state index in [1.54, 1.807) is 25.1 Å². The van der Waals surface area contributed by atoms with Gasteiger partial charge in [-0.25, -0.2) is 17.5 Å². The highest BCUT2D eigenvalue weighted by Gasteiger charge is 2.24. The van der Waals surface area contributed by atoms with Crippen molar-refractivity contribution in [2.24, 2.45) is 0 Å². The zero-order valence-electron chi connectivity index (χ0n) is 16.7. The number of hydrogen-bond donors (Lipinski definition) is 0. The zero-order valence-corrected chi connectivity index (χ0v) is 17.5. The van der Waals surface area contributed by atoms with Gasteiger partial charge < -0.3 is 4.74 Å². The maximum absolute atomic E-state index is 12.6. The molecule has 0 saturated heterocycles. The van der Waals surface area contributed by atoms with Gasteiger partial charge in [-0.15, -0.1) is 0 Å². The van der Waals surface area contributed by atoms with Gasteiger partial charge in [0.25, 0.3) is 0 Å². The summed E-state index contributed by atoms with van der Waals surface area (Å²) in [7, 11) is -0.857. The minimum Gasteiger partial charge on any atom is -0.451 e. The Labute approximate surface area is 166 Å². The van der Waals surface area contributed by atoms with Crippen molar-refractivity contribution < 1.29 is 22.7 Å². The van der Waals surface area contributed by atoms with Gasteiger partial charge >= 0.3 is 5.97 Å². The van der Waals surface area contributed by atoms with E-state index in [0.29, 0.717) is 11.1 Å². The SMILES string of the molecule is CCc1ccc(C(=O)[C@@H](C)OC(=O)c2cc(S(=O)(=O)N(C)C)ccc2C)cc1. The molecule has 0 fully saturated rings. The Morgan fingerprint density at radius 3 is 2.21 bits per heavy atom. The molecule has 0 heterocycles. The lowest BCUT2D eigenvalue weighted by Gasteiger charge is -2.16. The Bertz CT molecular complexity index is 978.